The smallest absolute Gasteiger partial charge is 0.171 e. The van der Waals surface area contributed by atoms with Crippen LogP contribution in [0.4, 0.5) is 5.69 Å². The van der Waals surface area contributed by atoms with Crippen molar-refractivity contribution >= 4 is 34.6 Å². The molecule has 138 valence electrons. The molecule has 3 N–H and O–H groups in total. The van der Waals surface area contributed by atoms with E-state index in [1.165, 1.54) is 11.1 Å². The van der Waals surface area contributed by atoms with E-state index in [9.17, 15) is 0 Å². The van der Waals surface area contributed by atoms with Gasteiger partial charge in [0.05, 0.1) is 13.1 Å². The van der Waals surface area contributed by atoms with Gasteiger partial charge in [0.15, 0.2) is 5.11 Å². The standard InChI is InChI=1S/C21H26ClN3S/c1-2-16-5-9-19(10-6-16)23-21(26)24-20-11-13-25(14-12-20)15-17-3-7-18(22)8-4-17/h3-10,20H,2,11-15H2,1H3,(H2,23,24,26)/p+1. The molecule has 0 radical (unpaired) electrons. The first-order valence-electron chi connectivity index (χ1n) is 9.37. The summed E-state index contributed by atoms with van der Waals surface area (Å²) in [7, 11) is 0. The number of hydrogen-bond acceptors (Lipinski definition) is 1. The van der Waals surface area contributed by atoms with E-state index in [1.54, 1.807) is 4.90 Å². The predicted octanol–water partition coefficient (Wildman–Crippen LogP) is 3.44. The van der Waals surface area contributed by atoms with Crippen LogP contribution in [0.3, 0.4) is 0 Å². The number of likely N-dealkylation sites (tertiary alicyclic amines) is 1. The Kier molecular flexibility index (Phi) is 6.89. The third kappa shape index (κ3) is 5.70. The first kappa shape index (κ1) is 19.2. The Bertz CT molecular complexity index is 707. The molecule has 1 aliphatic heterocycles. The Balaban J connectivity index is 1.41. The SMILES string of the molecule is CCc1ccc(NC(=S)NC2CC[NH+](Cc3ccc(Cl)cc3)CC2)cc1. The van der Waals surface area contributed by atoms with Gasteiger partial charge in [0.2, 0.25) is 0 Å². The second kappa shape index (κ2) is 9.36. The summed E-state index contributed by atoms with van der Waals surface area (Å²) in [6, 6.07) is 17.1. The molecule has 3 rings (SSSR count). The molecule has 26 heavy (non-hydrogen) atoms. The van der Waals surface area contributed by atoms with Crippen molar-refractivity contribution in [1.82, 2.24) is 5.32 Å². The van der Waals surface area contributed by atoms with Crippen LogP contribution in [0.1, 0.15) is 30.9 Å². The van der Waals surface area contributed by atoms with Crippen LogP contribution in [-0.4, -0.2) is 24.2 Å². The molecule has 0 saturated carbocycles. The quantitative estimate of drug-likeness (QED) is 0.685. The van der Waals surface area contributed by atoms with E-state index in [4.69, 9.17) is 23.8 Å². The first-order chi connectivity index (χ1) is 12.6. The molecule has 0 amide bonds. The number of anilines is 1. The van der Waals surface area contributed by atoms with E-state index in [-0.39, 0.29) is 0 Å². The Morgan fingerprint density at radius 2 is 1.65 bits per heavy atom. The number of hydrogen-bond donors (Lipinski definition) is 3. The van der Waals surface area contributed by atoms with Crippen molar-refractivity contribution in [2.24, 2.45) is 0 Å². The van der Waals surface area contributed by atoms with Crippen molar-refractivity contribution in [2.75, 3.05) is 18.4 Å². The number of thiocarbonyl (C=S) groups is 1. The molecule has 2 aromatic carbocycles. The highest BCUT2D eigenvalue weighted by atomic mass is 35.5. The zero-order valence-corrected chi connectivity index (χ0v) is 16.8. The summed E-state index contributed by atoms with van der Waals surface area (Å²) in [6.07, 6.45) is 3.33. The Hall–Kier alpha value is -1.62. The Morgan fingerprint density at radius 1 is 1.04 bits per heavy atom. The lowest BCUT2D eigenvalue weighted by Crippen LogP contribution is -3.12. The third-order valence-electron chi connectivity index (χ3n) is 5.02. The van der Waals surface area contributed by atoms with Crippen molar-refractivity contribution in [3.8, 4) is 0 Å². The Labute approximate surface area is 166 Å². The van der Waals surface area contributed by atoms with E-state index in [1.807, 2.05) is 12.1 Å². The highest BCUT2D eigenvalue weighted by Gasteiger charge is 2.22. The molecule has 1 heterocycles. The summed E-state index contributed by atoms with van der Waals surface area (Å²) < 4.78 is 0. The monoisotopic (exact) mass is 388 g/mol. The lowest BCUT2D eigenvalue weighted by atomic mass is 10.0. The fraction of sp³-hybridized carbons (Fsp3) is 0.381. The minimum Gasteiger partial charge on any atom is -0.359 e. The molecule has 0 spiro atoms. The van der Waals surface area contributed by atoms with Crippen LogP contribution < -0.4 is 15.5 Å². The van der Waals surface area contributed by atoms with Gasteiger partial charge in [-0.15, -0.1) is 0 Å². The zero-order valence-electron chi connectivity index (χ0n) is 15.2. The molecule has 1 fully saturated rings. The first-order valence-corrected chi connectivity index (χ1v) is 10.2. The number of rotatable bonds is 5. The largest absolute Gasteiger partial charge is 0.359 e. The van der Waals surface area contributed by atoms with Crippen molar-refractivity contribution in [3.05, 3.63) is 64.7 Å². The van der Waals surface area contributed by atoms with Gasteiger partial charge in [0.25, 0.3) is 0 Å². The average molecular weight is 389 g/mol. The highest BCUT2D eigenvalue weighted by molar-refractivity contribution is 7.80. The lowest BCUT2D eigenvalue weighted by molar-refractivity contribution is -0.918. The second-order valence-corrected chi connectivity index (χ2v) is 7.82. The van der Waals surface area contributed by atoms with Gasteiger partial charge in [-0.3, -0.25) is 0 Å². The summed E-state index contributed by atoms with van der Waals surface area (Å²) in [5.74, 6) is 0. The maximum absolute atomic E-state index is 5.96. The van der Waals surface area contributed by atoms with Crippen LogP contribution >= 0.6 is 23.8 Å². The number of quaternary nitrogens is 1. The van der Waals surface area contributed by atoms with Crippen molar-refractivity contribution in [3.63, 3.8) is 0 Å². The maximum atomic E-state index is 5.96. The minimum atomic E-state index is 0.457. The number of halogens is 1. The summed E-state index contributed by atoms with van der Waals surface area (Å²) in [5.41, 5.74) is 3.74. The fourth-order valence-electron chi connectivity index (χ4n) is 3.41. The fourth-order valence-corrected chi connectivity index (χ4v) is 3.82. The van der Waals surface area contributed by atoms with Crippen LogP contribution in [0.15, 0.2) is 48.5 Å². The van der Waals surface area contributed by atoms with E-state index in [0.717, 1.165) is 54.7 Å². The minimum absolute atomic E-state index is 0.457. The zero-order chi connectivity index (χ0) is 18.4. The van der Waals surface area contributed by atoms with Crippen LogP contribution in [0.5, 0.6) is 0 Å². The summed E-state index contributed by atoms with van der Waals surface area (Å²) in [5, 5.41) is 8.30. The molecule has 0 aromatic heterocycles. The molecule has 2 aromatic rings. The van der Waals surface area contributed by atoms with E-state index >= 15 is 0 Å². The molecule has 0 bridgehead atoms. The van der Waals surface area contributed by atoms with Crippen LogP contribution in [-0.2, 0) is 13.0 Å². The van der Waals surface area contributed by atoms with Gasteiger partial charge in [0, 0.05) is 35.2 Å². The molecular formula is C21H27ClN3S+. The van der Waals surface area contributed by atoms with Crippen molar-refractivity contribution in [2.45, 2.75) is 38.8 Å². The molecule has 1 saturated heterocycles. The van der Waals surface area contributed by atoms with Gasteiger partial charge < -0.3 is 15.5 Å². The van der Waals surface area contributed by atoms with Crippen LogP contribution in [0.2, 0.25) is 5.02 Å². The average Bonchev–Trinajstić information content (AvgIpc) is 2.66. The molecular weight excluding hydrogens is 362 g/mol. The second-order valence-electron chi connectivity index (χ2n) is 6.98. The topological polar surface area (TPSA) is 28.5 Å². The molecule has 0 aliphatic carbocycles. The number of aryl methyl sites for hydroxylation is 1. The van der Waals surface area contributed by atoms with E-state index in [2.05, 4.69) is 54.0 Å². The summed E-state index contributed by atoms with van der Waals surface area (Å²) in [4.78, 5) is 1.62. The summed E-state index contributed by atoms with van der Waals surface area (Å²) >= 11 is 11.4. The van der Waals surface area contributed by atoms with E-state index < -0.39 is 0 Å². The van der Waals surface area contributed by atoms with Crippen LogP contribution in [0, 0.1) is 0 Å². The molecule has 0 unspecified atom stereocenters. The highest BCUT2D eigenvalue weighted by Crippen LogP contribution is 2.11. The molecule has 3 nitrogen and oxygen atoms in total. The van der Waals surface area contributed by atoms with Crippen LogP contribution in [0.25, 0.3) is 0 Å². The number of nitrogens with one attached hydrogen (secondary N) is 3. The predicted molar refractivity (Wildman–Crippen MR) is 114 cm³/mol. The van der Waals surface area contributed by atoms with E-state index in [0.29, 0.717) is 6.04 Å². The number of piperidine rings is 1. The normalized spacial score (nSPS) is 19.8. The van der Waals surface area contributed by atoms with Gasteiger partial charge in [-0.25, -0.2) is 0 Å². The van der Waals surface area contributed by atoms with Crippen molar-refractivity contribution < 1.29 is 4.90 Å². The van der Waals surface area contributed by atoms with Gasteiger partial charge in [-0.1, -0.05) is 42.8 Å². The van der Waals surface area contributed by atoms with Gasteiger partial charge in [-0.05, 0) is 48.5 Å². The lowest BCUT2D eigenvalue weighted by Gasteiger charge is -2.30. The Morgan fingerprint density at radius 3 is 2.27 bits per heavy atom. The molecule has 1 aliphatic rings. The maximum Gasteiger partial charge on any atom is 0.171 e. The molecule has 0 atom stereocenters. The van der Waals surface area contributed by atoms with Gasteiger partial charge in [0.1, 0.15) is 6.54 Å². The summed E-state index contributed by atoms with van der Waals surface area (Å²) in [6.45, 7) is 5.55. The van der Waals surface area contributed by atoms with Crippen molar-refractivity contribution in [1.29, 1.82) is 0 Å². The molecule has 5 heteroatoms. The van der Waals surface area contributed by atoms with Gasteiger partial charge >= 0.3 is 0 Å². The third-order valence-corrected chi connectivity index (χ3v) is 5.49. The van der Waals surface area contributed by atoms with Gasteiger partial charge in [-0.2, -0.15) is 0 Å². The number of benzene rings is 2.